The third kappa shape index (κ3) is 7.34. The van der Waals surface area contributed by atoms with E-state index < -0.39 is 45.2 Å². The topological polar surface area (TPSA) is 119 Å². The summed E-state index contributed by atoms with van der Waals surface area (Å²) >= 11 is 5.87. The number of nitrogens with one attached hydrogen (secondary N) is 1. The highest BCUT2D eigenvalue weighted by molar-refractivity contribution is 7.90. The normalized spacial score (nSPS) is 11.7. The van der Waals surface area contributed by atoms with Crippen LogP contribution in [0.15, 0.2) is 30.6 Å². The molecule has 2 amide bonds. The van der Waals surface area contributed by atoms with E-state index in [4.69, 9.17) is 16.3 Å². The first-order chi connectivity index (χ1) is 14.8. The summed E-state index contributed by atoms with van der Waals surface area (Å²) in [5, 5.41) is 0.416. The van der Waals surface area contributed by atoms with Crippen molar-refractivity contribution in [3.8, 4) is 5.75 Å². The molecule has 0 spiro atoms. The second-order valence-electron chi connectivity index (χ2n) is 6.55. The largest absolute Gasteiger partial charge is 0.483 e. The van der Waals surface area contributed by atoms with Crippen molar-refractivity contribution < 1.29 is 35.9 Å². The standard InChI is InChI=1S/C18H18ClF3N4O5S/c1-11-3-4-12(19)7-14(11)31-9-16(27)26(2)5-6-32(29,30)25-17(28)13-8-15(18(20,21)22)24-10-23-13/h3-4,7-8,10H,5-6,9H2,1-2H3,(H,25,28). The van der Waals surface area contributed by atoms with Crippen LogP contribution < -0.4 is 9.46 Å². The fraction of sp³-hybridized carbons (Fsp3) is 0.333. The summed E-state index contributed by atoms with van der Waals surface area (Å²) in [5.74, 6) is -2.20. The Hall–Kier alpha value is -2.93. The Morgan fingerprint density at radius 2 is 1.91 bits per heavy atom. The van der Waals surface area contributed by atoms with Gasteiger partial charge in [-0.25, -0.2) is 23.1 Å². The van der Waals surface area contributed by atoms with Gasteiger partial charge in [0.1, 0.15) is 23.5 Å². The van der Waals surface area contributed by atoms with Gasteiger partial charge in [0.15, 0.2) is 6.61 Å². The van der Waals surface area contributed by atoms with Gasteiger partial charge in [0.05, 0.1) is 5.75 Å². The zero-order valence-electron chi connectivity index (χ0n) is 16.8. The van der Waals surface area contributed by atoms with E-state index in [0.717, 1.165) is 10.5 Å². The Morgan fingerprint density at radius 3 is 2.56 bits per heavy atom. The third-order valence-electron chi connectivity index (χ3n) is 4.06. The van der Waals surface area contributed by atoms with Crippen LogP contribution in [0.4, 0.5) is 13.2 Å². The number of amides is 2. The number of aryl methyl sites for hydroxylation is 1. The molecule has 0 aliphatic carbocycles. The van der Waals surface area contributed by atoms with Gasteiger partial charge in [-0.1, -0.05) is 17.7 Å². The Labute approximate surface area is 186 Å². The number of rotatable bonds is 8. The fourth-order valence-electron chi connectivity index (χ4n) is 2.24. The first-order valence-corrected chi connectivity index (χ1v) is 10.9. The van der Waals surface area contributed by atoms with Crippen LogP contribution >= 0.6 is 11.6 Å². The maximum atomic E-state index is 12.7. The summed E-state index contributed by atoms with van der Waals surface area (Å²) in [4.78, 5) is 31.5. The molecule has 1 heterocycles. The van der Waals surface area contributed by atoms with Gasteiger partial charge in [-0.3, -0.25) is 9.59 Å². The first-order valence-electron chi connectivity index (χ1n) is 8.85. The van der Waals surface area contributed by atoms with Crippen LogP contribution in [0.25, 0.3) is 0 Å². The van der Waals surface area contributed by atoms with E-state index >= 15 is 0 Å². The van der Waals surface area contributed by atoms with Crippen molar-refractivity contribution in [3.05, 3.63) is 52.6 Å². The molecule has 1 N–H and O–H groups in total. The fourth-order valence-corrected chi connectivity index (χ4v) is 3.41. The van der Waals surface area contributed by atoms with Gasteiger partial charge in [0.25, 0.3) is 11.8 Å². The molecule has 1 aromatic heterocycles. The van der Waals surface area contributed by atoms with Gasteiger partial charge in [-0.15, -0.1) is 0 Å². The summed E-state index contributed by atoms with van der Waals surface area (Å²) in [5.41, 5.74) is -1.42. The summed E-state index contributed by atoms with van der Waals surface area (Å²) in [7, 11) is -2.95. The predicted molar refractivity (Wildman–Crippen MR) is 108 cm³/mol. The number of aromatic nitrogens is 2. The maximum Gasteiger partial charge on any atom is 0.433 e. The minimum Gasteiger partial charge on any atom is -0.483 e. The first kappa shape index (κ1) is 25.3. The zero-order chi connectivity index (χ0) is 24.1. The molecule has 1 aromatic carbocycles. The monoisotopic (exact) mass is 494 g/mol. The molecule has 0 aliphatic rings. The SMILES string of the molecule is Cc1ccc(Cl)cc1OCC(=O)N(C)CCS(=O)(=O)NC(=O)c1cc(C(F)(F)F)ncn1. The van der Waals surface area contributed by atoms with Gasteiger partial charge in [0, 0.05) is 24.7 Å². The summed E-state index contributed by atoms with van der Waals surface area (Å²) in [6, 6.07) is 5.22. The lowest BCUT2D eigenvalue weighted by Crippen LogP contribution is -2.39. The molecule has 14 heteroatoms. The molecule has 0 aliphatic heterocycles. The van der Waals surface area contributed by atoms with E-state index in [-0.39, 0.29) is 13.2 Å². The van der Waals surface area contributed by atoms with Crippen LogP contribution in [-0.2, 0) is 21.0 Å². The van der Waals surface area contributed by atoms with Crippen molar-refractivity contribution in [2.75, 3.05) is 26.0 Å². The van der Waals surface area contributed by atoms with E-state index in [1.54, 1.807) is 23.8 Å². The maximum absolute atomic E-state index is 12.7. The lowest BCUT2D eigenvalue weighted by Gasteiger charge is -2.18. The lowest BCUT2D eigenvalue weighted by molar-refractivity contribution is -0.141. The van der Waals surface area contributed by atoms with E-state index in [0.29, 0.717) is 23.2 Å². The van der Waals surface area contributed by atoms with Crippen molar-refractivity contribution in [1.82, 2.24) is 19.6 Å². The Morgan fingerprint density at radius 1 is 1.22 bits per heavy atom. The lowest BCUT2D eigenvalue weighted by atomic mass is 10.2. The molecule has 0 saturated heterocycles. The van der Waals surface area contributed by atoms with Crippen LogP contribution in [0.2, 0.25) is 5.02 Å². The van der Waals surface area contributed by atoms with Gasteiger partial charge < -0.3 is 9.64 Å². The van der Waals surface area contributed by atoms with Gasteiger partial charge in [-0.05, 0) is 24.6 Å². The molecule has 32 heavy (non-hydrogen) atoms. The van der Waals surface area contributed by atoms with Crippen molar-refractivity contribution in [1.29, 1.82) is 0 Å². The smallest absolute Gasteiger partial charge is 0.433 e. The molecule has 0 radical (unpaired) electrons. The second kappa shape index (κ2) is 10.1. The highest BCUT2D eigenvalue weighted by Gasteiger charge is 2.33. The molecule has 0 atom stereocenters. The van der Waals surface area contributed by atoms with Crippen LogP contribution in [0.5, 0.6) is 5.75 Å². The summed E-state index contributed by atoms with van der Waals surface area (Å²) in [6.07, 6.45) is -4.33. The number of benzene rings is 1. The van der Waals surface area contributed by atoms with E-state index in [9.17, 15) is 31.2 Å². The van der Waals surface area contributed by atoms with Crippen molar-refractivity contribution in [3.63, 3.8) is 0 Å². The number of sulfonamides is 1. The van der Waals surface area contributed by atoms with Crippen LogP contribution in [0, 0.1) is 6.92 Å². The molecule has 0 fully saturated rings. The van der Waals surface area contributed by atoms with Crippen LogP contribution in [0.3, 0.4) is 0 Å². The Kier molecular flexibility index (Phi) is 8.02. The van der Waals surface area contributed by atoms with Crippen molar-refractivity contribution in [2.45, 2.75) is 13.1 Å². The zero-order valence-corrected chi connectivity index (χ0v) is 18.4. The molecule has 0 bridgehead atoms. The minimum absolute atomic E-state index is 0.309. The molecular formula is C18H18ClF3N4O5S. The number of hydrogen-bond donors (Lipinski definition) is 1. The number of carbonyl (C=O) groups excluding carboxylic acids is 2. The number of halogens is 4. The molecule has 0 unspecified atom stereocenters. The average Bonchev–Trinajstić information content (AvgIpc) is 2.71. The quantitative estimate of drug-likeness (QED) is 0.596. The Balaban J connectivity index is 1.91. The summed E-state index contributed by atoms with van der Waals surface area (Å²) in [6.45, 7) is 1.06. The molecule has 9 nitrogen and oxygen atoms in total. The number of nitrogens with zero attached hydrogens (tertiary/aromatic N) is 3. The second-order valence-corrected chi connectivity index (χ2v) is 8.83. The molecular weight excluding hydrogens is 477 g/mol. The van der Waals surface area contributed by atoms with Crippen LogP contribution in [0.1, 0.15) is 21.7 Å². The van der Waals surface area contributed by atoms with Crippen molar-refractivity contribution in [2.24, 2.45) is 0 Å². The van der Waals surface area contributed by atoms with E-state index in [1.807, 2.05) is 0 Å². The summed E-state index contributed by atoms with van der Waals surface area (Å²) < 4.78 is 69.2. The molecule has 2 aromatic rings. The molecule has 174 valence electrons. The Bertz CT molecular complexity index is 1110. The minimum atomic E-state index is -4.83. The third-order valence-corrected chi connectivity index (χ3v) is 5.51. The number of alkyl halides is 3. The van der Waals surface area contributed by atoms with Crippen LogP contribution in [-0.4, -0.2) is 61.1 Å². The number of ether oxygens (including phenoxy) is 1. The average molecular weight is 495 g/mol. The van der Waals surface area contributed by atoms with Gasteiger partial charge >= 0.3 is 6.18 Å². The number of carbonyl (C=O) groups is 2. The van der Waals surface area contributed by atoms with Gasteiger partial charge in [-0.2, -0.15) is 13.2 Å². The van der Waals surface area contributed by atoms with E-state index in [1.165, 1.54) is 13.1 Å². The predicted octanol–water partition coefficient (Wildman–Crippen LogP) is 2.05. The van der Waals surface area contributed by atoms with Gasteiger partial charge in [0.2, 0.25) is 10.0 Å². The van der Waals surface area contributed by atoms with Crippen molar-refractivity contribution >= 4 is 33.4 Å². The highest BCUT2D eigenvalue weighted by Crippen LogP contribution is 2.27. The number of likely N-dealkylation sites (N-methyl/N-ethyl adjacent to an activating group) is 1. The highest BCUT2D eigenvalue weighted by atomic mass is 35.5. The molecule has 2 rings (SSSR count). The molecule has 0 saturated carbocycles. The van der Waals surface area contributed by atoms with E-state index in [2.05, 4.69) is 9.97 Å². The number of hydrogen-bond acceptors (Lipinski definition) is 7.